The van der Waals surface area contributed by atoms with E-state index in [1.807, 2.05) is 0 Å². The third-order valence-corrected chi connectivity index (χ3v) is 3.81. The van der Waals surface area contributed by atoms with Gasteiger partial charge in [0.15, 0.2) is 5.78 Å². The topological polar surface area (TPSA) is 94.3 Å². The molecular formula is C18H11NO5. The van der Waals surface area contributed by atoms with Gasteiger partial charge in [0.25, 0.3) is 5.69 Å². The molecule has 0 heterocycles. The highest BCUT2D eigenvalue weighted by atomic mass is 16.6. The Balaban J connectivity index is 1.96. The summed E-state index contributed by atoms with van der Waals surface area (Å²) in [7, 11) is 0. The van der Waals surface area contributed by atoms with E-state index in [2.05, 4.69) is 0 Å². The van der Waals surface area contributed by atoms with E-state index in [-0.39, 0.29) is 11.3 Å². The lowest BCUT2D eigenvalue weighted by atomic mass is 9.95. The van der Waals surface area contributed by atoms with Crippen molar-refractivity contribution in [3.8, 4) is 0 Å². The molecule has 1 aliphatic rings. The van der Waals surface area contributed by atoms with Crippen LogP contribution in [0.15, 0.2) is 60.2 Å². The van der Waals surface area contributed by atoms with Crippen molar-refractivity contribution >= 4 is 29.1 Å². The van der Waals surface area contributed by atoms with Crippen molar-refractivity contribution in [3.05, 3.63) is 81.4 Å². The first-order valence-corrected chi connectivity index (χ1v) is 7.13. The molecule has 1 atom stereocenters. The molecule has 0 saturated heterocycles. The van der Waals surface area contributed by atoms with Crippen LogP contribution in [0.25, 0.3) is 6.08 Å². The van der Waals surface area contributed by atoms with E-state index in [1.54, 1.807) is 30.3 Å². The van der Waals surface area contributed by atoms with Crippen LogP contribution < -0.4 is 0 Å². The molecule has 24 heavy (non-hydrogen) atoms. The maximum atomic E-state index is 12.5. The Hall–Kier alpha value is -3.41. The third-order valence-electron chi connectivity index (χ3n) is 3.81. The van der Waals surface area contributed by atoms with Crippen molar-refractivity contribution in [1.82, 2.24) is 0 Å². The van der Waals surface area contributed by atoms with Crippen LogP contribution in [0, 0.1) is 10.1 Å². The summed E-state index contributed by atoms with van der Waals surface area (Å²) in [5.41, 5.74) is 0.633. The largest absolute Gasteiger partial charge is 0.293 e. The number of allylic oxidation sites excluding steroid dienone is 1. The number of nitro benzene ring substituents is 1. The van der Waals surface area contributed by atoms with Crippen LogP contribution in [0.2, 0.25) is 0 Å². The molecule has 1 saturated carbocycles. The van der Waals surface area contributed by atoms with Gasteiger partial charge in [-0.1, -0.05) is 30.3 Å². The van der Waals surface area contributed by atoms with E-state index in [0.717, 1.165) is 0 Å². The Morgan fingerprint density at radius 1 is 0.875 bits per heavy atom. The van der Waals surface area contributed by atoms with Crippen LogP contribution >= 0.6 is 0 Å². The molecule has 0 radical (unpaired) electrons. The molecule has 6 heteroatoms. The van der Waals surface area contributed by atoms with Crippen LogP contribution in [-0.4, -0.2) is 22.3 Å². The van der Waals surface area contributed by atoms with Crippen molar-refractivity contribution in [3.63, 3.8) is 0 Å². The minimum atomic E-state index is -1.11. The minimum Gasteiger partial charge on any atom is -0.293 e. The predicted molar refractivity (Wildman–Crippen MR) is 85.3 cm³/mol. The van der Waals surface area contributed by atoms with Crippen LogP contribution in [0.3, 0.4) is 0 Å². The first-order valence-electron chi connectivity index (χ1n) is 7.13. The fraction of sp³-hybridized carbons (Fsp3) is 0.0556. The number of hydrogen-bond acceptors (Lipinski definition) is 5. The number of hydrogen-bond donors (Lipinski definition) is 0. The summed E-state index contributed by atoms with van der Waals surface area (Å²) in [6.07, 6.45) is 1.30. The maximum absolute atomic E-state index is 12.5. The van der Waals surface area contributed by atoms with Gasteiger partial charge in [0, 0.05) is 12.1 Å². The average molecular weight is 321 g/mol. The van der Waals surface area contributed by atoms with Crippen LogP contribution in [0.4, 0.5) is 5.69 Å². The summed E-state index contributed by atoms with van der Waals surface area (Å²) in [6.45, 7) is 0. The summed E-state index contributed by atoms with van der Waals surface area (Å²) >= 11 is 0. The zero-order chi connectivity index (χ0) is 17.3. The monoisotopic (exact) mass is 321 g/mol. The van der Waals surface area contributed by atoms with E-state index < -0.39 is 28.2 Å². The molecule has 3 rings (SSSR count). The van der Waals surface area contributed by atoms with Gasteiger partial charge in [-0.2, -0.15) is 0 Å². The number of Topliss-reactive ketones (excluding diaryl/α,β-unsaturated/α-hetero) is 3. The molecular weight excluding hydrogens is 310 g/mol. The number of ketones is 3. The van der Waals surface area contributed by atoms with Crippen molar-refractivity contribution in [2.45, 2.75) is 5.92 Å². The Labute approximate surface area is 136 Å². The second kappa shape index (κ2) is 6.00. The number of benzene rings is 2. The number of rotatable bonds is 3. The summed E-state index contributed by atoms with van der Waals surface area (Å²) < 4.78 is 0. The van der Waals surface area contributed by atoms with Crippen molar-refractivity contribution in [2.75, 3.05) is 0 Å². The van der Waals surface area contributed by atoms with Crippen molar-refractivity contribution < 1.29 is 19.3 Å². The lowest BCUT2D eigenvalue weighted by Gasteiger charge is -2.04. The van der Waals surface area contributed by atoms with Gasteiger partial charge in [-0.25, -0.2) is 0 Å². The molecule has 0 aliphatic heterocycles. The molecule has 1 aliphatic carbocycles. The predicted octanol–water partition coefficient (Wildman–Crippen LogP) is 2.48. The SMILES string of the molecule is O=C1C(=O)C(c2ccccc2)C(=O)C1=Cc1ccc([N+](=O)[O-])cc1. The van der Waals surface area contributed by atoms with E-state index in [4.69, 9.17) is 0 Å². The molecule has 0 N–H and O–H groups in total. The first kappa shape index (κ1) is 15.5. The van der Waals surface area contributed by atoms with Crippen LogP contribution in [-0.2, 0) is 14.4 Å². The Kier molecular flexibility index (Phi) is 3.87. The minimum absolute atomic E-state index is 0.0977. The second-order valence-electron chi connectivity index (χ2n) is 5.31. The molecule has 2 aromatic carbocycles. The normalized spacial score (nSPS) is 19.1. The number of non-ortho nitro benzene ring substituents is 1. The highest BCUT2D eigenvalue weighted by molar-refractivity contribution is 6.62. The van der Waals surface area contributed by atoms with Crippen molar-refractivity contribution in [2.24, 2.45) is 0 Å². The van der Waals surface area contributed by atoms with Gasteiger partial charge in [-0.15, -0.1) is 0 Å². The zero-order valence-electron chi connectivity index (χ0n) is 12.3. The van der Waals surface area contributed by atoms with E-state index in [0.29, 0.717) is 11.1 Å². The Bertz CT molecular complexity index is 881. The average Bonchev–Trinajstić information content (AvgIpc) is 2.80. The Morgan fingerprint density at radius 2 is 1.50 bits per heavy atom. The molecule has 2 aromatic rings. The molecule has 0 amide bonds. The number of nitrogens with zero attached hydrogens (tertiary/aromatic N) is 1. The zero-order valence-corrected chi connectivity index (χ0v) is 12.3. The smallest absolute Gasteiger partial charge is 0.269 e. The van der Waals surface area contributed by atoms with Gasteiger partial charge < -0.3 is 0 Å². The summed E-state index contributed by atoms with van der Waals surface area (Å²) in [5, 5.41) is 10.6. The molecule has 1 fully saturated rings. The second-order valence-corrected chi connectivity index (χ2v) is 5.31. The molecule has 0 bridgehead atoms. The summed E-state index contributed by atoms with van der Waals surface area (Å²) in [6, 6.07) is 13.8. The molecule has 6 nitrogen and oxygen atoms in total. The fourth-order valence-electron chi connectivity index (χ4n) is 2.59. The van der Waals surface area contributed by atoms with E-state index >= 15 is 0 Å². The first-order chi connectivity index (χ1) is 11.5. The van der Waals surface area contributed by atoms with Gasteiger partial charge in [0.2, 0.25) is 11.6 Å². The fourth-order valence-corrected chi connectivity index (χ4v) is 2.59. The maximum Gasteiger partial charge on any atom is 0.269 e. The standard InChI is InChI=1S/C18H11NO5/c20-16-14(10-11-6-8-13(9-7-11)19(23)24)17(21)18(22)15(16)12-4-2-1-3-5-12/h1-10,15H. The Morgan fingerprint density at radius 3 is 2.08 bits per heavy atom. The lowest BCUT2D eigenvalue weighted by Crippen LogP contribution is -2.14. The van der Waals surface area contributed by atoms with Crippen LogP contribution in [0.5, 0.6) is 0 Å². The van der Waals surface area contributed by atoms with E-state index in [1.165, 1.54) is 30.3 Å². The van der Waals surface area contributed by atoms with E-state index in [9.17, 15) is 24.5 Å². The molecule has 0 spiro atoms. The third kappa shape index (κ3) is 2.65. The lowest BCUT2D eigenvalue weighted by molar-refractivity contribution is -0.384. The number of carbonyl (C=O) groups is 3. The quantitative estimate of drug-likeness (QED) is 0.216. The van der Waals surface area contributed by atoms with Crippen molar-refractivity contribution in [1.29, 1.82) is 0 Å². The molecule has 1 unspecified atom stereocenters. The van der Waals surface area contributed by atoms with Gasteiger partial charge in [0.1, 0.15) is 5.92 Å². The highest BCUT2D eigenvalue weighted by Crippen LogP contribution is 2.31. The summed E-state index contributed by atoms with van der Waals surface area (Å²) in [5.74, 6) is -3.23. The molecule has 118 valence electrons. The van der Waals surface area contributed by atoms with Crippen LogP contribution in [0.1, 0.15) is 17.0 Å². The van der Waals surface area contributed by atoms with Gasteiger partial charge in [0.05, 0.1) is 10.5 Å². The van der Waals surface area contributed by atoms with Gasteiger partial charge in [-0.05, 0) is 29.3 Å². The van der Waals surface area contributed by atoms with Gasteiger partial charge in [-0.3, -0.25) is 24.5 Å². The number of carbonyl (C=O) groups excluding carboxylic acids is 3. The highest BCUT2D eigenvalue weighted by Gasteiger charge is 2.45. The van der Waals surface area contributed by atoms with Gasteiger partial charge >= 0.3 is 0 Å². The molecule has 0 aromatic heterocycles. The summed E-state index contributed by atoms with van der Waals surface area (Å²) in [4.78, 5) is 46.9. The number of nitro groups is 1.